The summed E-state index contributed by atoms with van der Waals surface area (Å²) in [6.07, 6.45) is 0.487. The van der Waals surface area contributed by atoms with E-state index in [9.17, 15) is 0 Å². The minimum Gasteiger partial charge on any atom is -0.309 e. The molecule has 12 rings (SSSR count). The van der Waals surface area contributed by atoms with Gasteiger partial charge in [-0.3, -0.25) is 4.90 Å². The van der Waals surface area contributed by atoms with Crippen molar-refractivity contribution in [2.45, 2.75) is 23.9 Å². The Bertz CT molecular complexity index is 2900. The summed E-state index contributed by atoms with van der Waals surface area (Å²) in [5.41, 5.74) is 14.9. The van der Waals surface area contributed by atoms with Crippen LogP contribution in [0, 0.1) is 0 Å². The van der Waals surface area contributed by atoms with Crippen molar-refractivity contribution in [3.8, 4) is 16.8 Å². The number of hydrogen-bond acceptors (Lipinski definition) is 3. The summed E-state index contributed by atoms with van der Waals surface area (Å²) in [6.45, 7) is 0. The third-order valence-electron chi connectivity index (χ3n) is 12.9. The maximum atomic E-state index is 2.55. The van der Waals surface area contributed by atoms with Gasteiger partial charge in [-0.25, -0.2) is 0 Å². The van der Waals surface area contributed by atoms with E-state index >= 15 is 0 Å². The van der Waals surface area contributed by atoms with Gasteiger partial charge >= 0.3 is 0 Å². The Labute approximate surface area is 333 Å². The molecule has 3 heterocycles. The minimum absolute atomic E-state index is 0.103. The molecule has 57 heavy (non-hydrogen) atoms. The molecule has 1 aliphatic carbocycles. The average molecular weight is 733 g/mol. The molecule has 5 atom stereocenters. The molecule has 0 saturated carbocycles. The molecule has 1 aromatic heterocycles. The van der Waals surface area contributed by atoms with Gasteiger partial charge < -0.3 is 4.57 Å². The molecular weight excluding hydrogens is 693 g/mol. The van der Waals surface area contributed by atoms with Crippen LogP contribution in [0.4, 0.5) is 0 Å². The van der Waals surface area contributed by atoms with Gasteiger partial charge in [-0.2, -0.15) is 10.0 Å². The molecule has 0 spiro atoms. The monoisotopic (exact) mass is 732 g/mol. The molecule has 4 nitrogen and oxygen atoms in total. The average Bonchev–Trinajstić information content (AvgIpc) is 3.63. The van der Waals surface area contributed by atoms with E-state index in [0.717, 1.165) is 5.69 Å². The highest BCUT2D eigenvalue weighted by Gasteiger charge is 2.63. The summed E-state index contributed by atoms with van der Waals surface area (Å²) in [6, 6.07) is 76.3. The Morgan fingerprint density at radius 1 is 0.386 bits per heavy atom. The van der Waals surface area contributed by atoms with Crippen LogP contribution >= 0.6 is 0 Å². The molecule has 0 radical (unpaired) electrons. The highest BCUT2D eigenvalue weighted by atomic mass is 16.0. The third-order valence-corrected chi connectivity index (χ3v) is 12.9. The number of nitrogens with zero attached hydrogens (tertiary/aromatic N) is 4. The molecule has 2 aliphatic heterocycles. The summed E-state index contributed by atoms with van der Waals surface area (Å²) in [7, 11) is 2.27. The molecule has 8 aromatic carbocycles. The van der Waals surface area contributed by atoms with Gasteiger partial charge in [-0.05, 0) is 87.5 Å². The zero-order valence-corrected chi connectivity index (χ0v) is 31.7. The van der Waals surface area contributed by atoms with Crippen LogP contribution in [0.25, 0.3) is 38.6 Å². The van der Waals surface area contributed by atoms with E-state index in [-0.39, 0.29) is 18.5 Å². The fourth-order valence-corrected chi connectivity index (χ4v) is 10.5. The van der Waals surface area contributed by atoms with E-state index in [2.05, 4.69) is 233 Å². The minimum atomic E-state index is -0.462. The lowest BCUT2D eigenvalue weighted by Crippen LogP contribution is -2.30. The number of hydrazine groups is 1. The SMILES string of the molecule is CN1C(c2ccccc2)N2C(c3ccccc3)N2C1c1ccc(-n2c3ccccc3c3cc4c(cc32)C(c2ccccc2)(c2ccccc2)c2ccccc2-4)cc1. The largest absolute Gasteiger partial charge is 0.309 e. The molecular formula is C53H40N4. The third kappa shape index (κ3) is 4.61. The lowest BCUT2D eigenvalue weighted by Gasteiger charge is -2.34. The fraction of sp³-hybridized carbons (Fsp3) is 0.0943. The first-order valence-electron chi connectivity index (χ1n) is 20.0. The summed E-state index contributed by atoms with van der Waals surface area (Å²) >= 11 is 0. The Morgan fingerprint density at radius 2 is 0.895 bits per heavy atom. The number of fused-ring (bicyclic) bond motifs is 7. The van der Waals surface area contributed by atoms with Crippen LogP contribution in [0.3, 0.4) is 0 Å². The Hall–Kier alpha value is -6.56. The Morgan fingerprint density at radius 3 is 1.53 bits per heavy atom. The van der Waals surface area contributed by atoms with Gasteiger partial charge in [0.1, 0.15) is 18.5 Å². The standard InChI is InChI=1S/C53H40N4/c1-54-50(36-18-6-2-7-19-36)56-52(37-20-8-3-9-21-37)57(56)51(54)38-30-32-41(33-31-38)55-48-29-17-15-27-43(48)45-34-44-42-26-14-16-28-46(42)53(47(44)35-49(45)55,39-22-10-4-11-23-39)40-24-12-5-13-25-40/h2-35,50-52H,1H3. The van der Waals surface area contributed by atoms with E-state index in [1.807, 2.05) is 0 Å². The maximum absolute atomic E-state index is 2.55. The van der Waals surface area contributed by atoms with Crippen molar-refractivity contribution >= 4 is 21.8 Å². The summed E-state index contributed by atoms with van der Waals surface area (Å²) < 4.78 is 2.49. The summed E-state index contributed by atoms with van der Waals surface area (Å²) in [4.78, 5) is 2.51. The molecule has 5 unspecified atom stereocenters. The summed E-state index contributed by atoms with van der Waals surface area (Å²) in [5, 5.41) is 7.63. The van der Waals surface area contributed by atoms with E-state index in [0.29, 0.717) is 0 Å². The quantitative estimate of drug-likeness (QED) is 0.158. The van der Waals surface area contributed by atoms with E-state index in [4.69, 9.17) is 0 Å². The lowest BCUT2D eigenvalue weighted by molar-refractivity contribution is 0.144. The number of rotatable bonds is 6. The number of hydrogen-bond donors (Lipinski definition) is 0. The van der Waals surface area contributed by atoms with Crippen LogP contribution in [0.15, 0.2) is 206 Å². The number of aromatic nitrogens is 1. The molecule has 2 fully saturated rings. The molecule has 272 valence electrons. The Balaban J connectivity index is 1.03. The van der Waals surface area contributed by atoms with Gasteiger partial charge in [0.25, 0.3) is 0 Å². The van der Waals surface area contributed by atoms with Gasteiger partial charge in [0.2, 0.25) is 0 Å². The molecule has 0 amide bonds. The van der Waals surface area contributed by atoms with Crippen LogP contribution in [-0.2, 0) is 5.41 Å². The van der Waals surface area contributed by atoms with Crippen LogP contribution < -0.4 is 0 Å². The molecule has 3 aliphatic rings. The van der Waals surface area contributed by atoms with Crippen molar-refractivity contribution in [2.24, 2.45) is 0 Å². The van der Waals surface area contributed by atoms with Crippen molar-refractivity contribution in [3.05, 3.63) is 245 Å². The highest BCUT2D eigenvalue weighted by Crippen LogP contribution is 2.61. The fourth-order valence-electron chi connectivity index (χ4n) is 10.5. The smallest absolute Gasteiger partial charge is 0.119 e. The predicted octanol–water partition coefficient (Wildman–Crippen LogP) is 12.0. The van der Waals surface area contributed by atoms with E-state index < -0.39 is 5.41 Å². The summed E-state index contributed by atoms with van der Waals surface area (Å²) in [5.74, 6) is 0. The van der Waals surface area contributed by atoms with E-state index in [1.54, 1.807) is 0 Å². The Kier molecular flexibility index (Phi) is 7.15. The van der Waals surface area contributed by atoms with Crippen LogP contribution in [0.1, 0.15) is 57.4 Å². The van der Waals surface area contributed by atoms with Crippen molar-refractivity contribution in [1.82, 2.24) is 19.5 Å². The lowest BCUT2D eigenvalue weighted by atomic mass is 9.67. The van der Waals surface area contributed by atoms with Gasteiger partial charge in [-0.1, -0.05) is 176 Å². The molecule has 9 aromatic rings. The zero-order chi connectivity index (χ0) is 37.7. The van der Waals surface area contributed by atoms with Gasteiger partial charge in [-0.15, -0.1) is 0 Å². The second-order valence-electron chi connectivity index (χ2n) is 15.8. The van der Waals surface area contributed by atoms with Crippen LogP contribution in [0.5, 0.6) is 0 Å². The molecule has 0 N–H and O–H groups in total. The zero-order valence-electron chi connectivity index (χ0n) is 31.7. The van der Waals surface area contributed by atoms with Gasteiger partial charge in [0, 0.05) is 16.5 Å². The highest BCUT2D eigenvalue weighted by molar-refractivity contribution is 6.12. The number of benzene rings is 8. The predicted molar refractivity (Wildman–Crippen MR) is 231 cm³/mol. The van der Waals surface area contributed by atoms with Crippen LogP contribution in [-0.4, -0.2) is 26.5 Å². The van der Waals surface area contributed by atoms with Gasteiger partial charge in [0.15, 0.2) is 0 Å². The topological polar surface area (TPSA) is 14.2 Å². The van der Waals surface area contributed by atoms with Gasteiger partial charge in [0.05, 0.1) is 16.4 Å². The van der Waals surface area contributed by atoms with Crippen molar-refractivity contribution in [1.29, 1.82) is 0 Å². The second kappa shape index (κ2) is 12.5. The van der Waals surface area contributed by atoms with E-state index in [1.165, 1.54) is 71.9 Å². The van der Waals surface area contributed by atoms with Crippen molar-refractivity contribution in [2.75, 3.05) is 7.05 Å². The number of para-hydroxylation sites is 1. The first-order chi connectivity index (χ1) is 28.2. The molecule has 0 bridgehead atoms. The van der Waals surface area contributed by atoms with Crippen molar-refractivity contribution in [3.63, 3.8) is 0 Å². The maximum Gasteiger partial charge on any atom is 0.119 e. The van der Waals surface area contributed by atoms with Crippen molar-refractivity contribution < 1.29 is 0 Å². The first kappa shape index (κ1) is 32.7. The molecule has 4 heteroatoms. The normalized spacial score (nSPS) is 21.7. The second-order valence-corrected chi connectivity index (χ2v) is 15.8. The first-order valence-corrected chi connectivity index (χ1v) is 20.0. The van der Waals surface area contributed by atoms with Crippen LogP contribution in [0.2, 0.25) is 0 Å². The molecule has 2 saturated heterocycles.